The maximum absolute atomic E-state index is 12.6. The molecular formula is C21H20ClN5O2S. The molecule has 7 nitrogen and oxygen atoms in total. The molecule has 0 fully saturated rings. The van der Waals surface area contributed by atoms with Gasteiger partial charge in [0, 0.05) is 35.1 Å². The van der Waals surface area contributed by atoms with Gasteiger partial charge in [0.25, 0.3) is 0 Å². The Bertz CT molecular complexity index is 1180. The van der Waals surface area contributed by atoms with Crippen LogP contribution in [0.1, 0.15) is 28.7 Å². The lowest BCUT2D eigenvalue weighted by Crippen LogP contribution is -2.22. The number of nitrogens with zero attached hydrogens (tertiary/aromatic N) is 5. The maximum Gasteiger partial charge on any atom is 0.341 e. The molecule has 0 bridgehead atoms. The number of pyridine rings is 1. The average molecular weight is 442 g/mol. The fraction of sp³-hybridized carbons (Fsp3) is 0.238. The highest BCUT2D eigenvalue weighted by molar-refractivity contribution is 7.07. The van der Waals surface area contributed by atoms with Crippen LogP contribution in [0.5, 0.6) is 0 Å². The van der Waals surface area contributed by atoms with Gasteiger partial charge >= 0.3 is 5.97 Å². The summed E-state index contributed by atoms with van der Waals surface area (Å²) in [5, 5.41) is 8.05. The van der Waals surface area contributed by atoms with E-state index in [1.54, 1.807) is 35.3 Å². The van der Waals surface area contributed by atoms with Gasteiger partial charge in [-0.15, -0.1) is 11.3 Å². The molecule has 0 unspecified atom stereocenters. The van der Waals surface area contributed by atoms with Crippen LogP contribution in [0, 0.1) is 0 Å². The minimum absolute atomic E-state index is 0.300. The van der Waals surface area contributed by atoms with Crippen molar-refractivity contribution in [3.63, 3.8) is 0 Å². The molecule has 0 saturated heterocycles. The van der Waals surface area contributed by atoms with E-state index in [4.69, 9.17) is 16.3 Å². The number of aromatic nitrogens is 4. The molecule has 0 amide bonds. The Kier molecular flexibility index (Phi) is 6.08. The molecule has 1 aromatic carbocycles. The molecular weight excluding hydrogens is 422 g/mol. The third kappa shape index (κ3) is 4.21. The molecule has 0 N–H and O–H groups in total. The fourth-order valence-corrected chi connectivity index (χ4v) is 4.02. The zero-order valence-electron chi connectivity index (χ0n) is 16.6. The molecule has 9 heteroatoms. The molecule has 0 spiro atoms. The second-order valence-electron chi connectivity index (χ2n) is 6.78. The maximum atomic E-state index is 12.6. The predicted molar refractivity (Wildman–Crippen MR) is 117 cm³/mol. The second-order valence-corrected chi connectivity index (χ2v) is 7.94. The minimum Gasteiger partial charge on any atom is -0.462 e. The second kappa shape index (κ2) is 8.91. The van der Waals surface area contributed by atoms with Crippen molar-refractivity contribution in [2.75, 3.05) is 13.7 Å². The van der Waals surface area contributed by atoms with Crippen LogP contribution in [-0.4, -0.2) is 44.3 Å². The van der Waals surface area contributed by atoms with Crippen molar-refractivity contribution >= 4 is 39.8 Å². The Morgan fingerprint density at radius 1 is 1.27 bits per heavy atom. The summed E-state index contributed by atoms with van der Waals surface area (Å²) >= 11 is 7.69. The van der Waals surface area contributed by atoms with Crippen LogP contribution >= 0.6 is 22.9 Å². The van der Waals surface area contributed by atoms with E-state index < -0.39 is 0 Å². The van der Waals surface area contributed by atoms with Crippen molar-refractivity contribution in [3.8, 4) is 5.69 Å². The molecule has 0 saturated carbocycles. The van der Waals surface area contributed by atoms with Crippen LogP contribution in [0.15, 0.2) is 47.5 Å². The Hall–Kier alpha value is -2.81. The van der Waals surface area contributed by atoms with Crippen molar-refractivity contribution in [3.05, 3.63) is 69.5 Å². The molecule has 154 valence electrons. The normalized spacial score (nSPS) is 11.3. The SMILES string of the molecule is CCOC(=O)c1cnn(-c2ccnc3cc(Cl)ccc23)c1CN(C)Cc1cscn1. The minimum atomic E-state index is -0.387. The molecule has 30 heavy (non-hydrogen) atoms. The molecule has 0 atom stereocenters. The zero-order valence-corrected chi connectivity index (χ0v) is 18.2. The van der Waals surface area contributed by atoms with Crippen LogP contribution in [0.4, 0.5) is 0 Å². The first kappa shape index (κ1) is 20.5. The van der Waals surface area contributed by atoms with Gasteiger partial charge in [-0.1, -0.05) is 11.6 Å². The number of rotatable bonds is 7. The number of hydrogen-bond donors (Lipinski definition) is 0. The monoisotopic (exact) mass is 441 g/mol. The molecule has 4 rings (SSSR count). The number of ether oxygens (including phenoxy) is 1. The fourth-order valence-electron chi connectivity index (χ4n) is 3.31. The number of carbonyl (C=O) groups excluding carboxylic acids is 1. The van der Waals surface area contributed by atoms with Gasteiger partial charge in [-0.25, -0.2) is 14.5 Å². The Balaban J connectivity index is 1.77. The average Bonchev–Trinajstić information content (AvgIpc) is 3.37. The summed E-state index contributed by atoms with van der Waals surface area (Å²) < 4.78 is 7.04. The quantitative estimate of drug-likeness (QED) is 0.397. The van der Waals surface area contributed by atoms with Gasteiger partial charge in [0.2, 0.25) is 0 Å². The number of fused-ring (bicyclic) bond motifs is 1. The molecule has 0 aliphatic carbocycles. The largest absolute Gasteiger partial charge is 0.462 e. The van der Waals surface area contributed by atoms with Gasteiger partial charge in [-0.3, -0.25) is 9.88 Å². The summed E-state index contributed by atoms with van der Waals surface area (Å²) in [7, 11) is 1.98. The number of benzene rings is 1. The summed E-state index contributed by atoms with van der Waals surface area (Å²) in [5.74, 6) is -0.387. The number of carbonyl (C=O) groups is 1. The lowest BCUT2D eigenvalue weighted by atomic mass is 10.1. The van der Waals surface area contributed by atoms with Crippen molar-refractivity contribution in [1.82, 2.24) is 24.6 Å². The molecule has 0 radical (unpaired) electrons. The summed E-state index contributed by atoms with van der Waals surface area (Å²) in [5.41, 5.74) is 5.56. The van der Waals surface area contributed by atoms with Crippen LogP contribution < -0.4 is 0 Å². The van der Waals surface area contributed by atoms with E-state index in [1.165, 1.54) is 0 Å². The van der Waals surface area contributed by atoms with E-state index in [1.807, 2.05) is 42.2 Å². The molecule has 3 heterocycles. The highest BCUT2D eigenvalue weighted by atomic mass is 35.5. The first-order chi connectivity index (χ1) is 14.6. The smallest absolute Gasteiger partial charge is 0.341 e. The molecule has 0 aliphatic rings. The standard InChI is InChI=1S/C21H20ClN5O2S/c1-3-29-21(28)17-9-25-27(20(17)11-26(2)10-15-12-30-13-24-15)19-6-7-23-18-8-14(22)4-5-16(18)19/h4-9,12-13H,3,10-11H2,1-2H3. The number of esters is 1. The van der Waals surface area contributed by atoms with E-state index in [2.05, 4.69) is 20.0 Å². The Morgan fingerprint density at radius 3 is 2.90 bits per heavy atom. The van der Waals surface area contributed by atoms with Gasteiger partial charge in [0.1, 0.15) is 5.56 Å². The molecule has 0 aliphatic heterocycles. The van der Waals surface area contributed by atoms with E-state index in [0.717, 1.165) is 28.0 Å². The summed E-state index contributed by atoms with van der Waals surface area (Å²) in [6, 6.07) is 7.42. The molecule has 3 aromatic heterocycles. The van der Waals surface area contributed by atoms with E-state index in [9.17, 15) is 4.79 Å². The zero-order chi connectivity index (χ0) is 21.1. The number of hydrogen-bond acceptors (Lipinski definition) is 7. The van der Waals surface area contributed by atoms with Crippen molar-refractivity contribution in [1.29, 1.82) is 0 Å². The predicted octanol–water partition coefficient (Wildman–Crippen LogP) is 4.34. The summed E-state index contributed by atoms with van der Waals surface area (Å²) in [6.07, 6.45) is 3.27. The van der Waals surface area contributed by atoms with Crippen molar-refractivity contribution in [2.24, 2.45) is 0 Å². The third-order valence-electron chi connectivity index (χ3n) is 4.61. The van der Waals surface area contributed by atoms with Gasteiger partial charge in [0.05, 0.1) is 40.9 Å². The number of thiazole rings is 1. The van der Waals surface area contributed by atoms with Crippen LogP contribution in [0.2, 0.25) is 5.02 Å². The van der Waals surface area contributed by atoms with Crippen LogP contribution in [-0.2, 0) is 17.8 Å². The van der Waals surface area contributed by atoms with Gasteiger partial charge in [-0.2, -0.15) is 5.10 Å². The Labute approximate surface area is 182 Å². The van der Waals surface area contributed by atoms with Crippen LogP contribution in [0.25, 0.3) is 16.6 Å². The van der Waals surface area contributed by atoms with Gasteiger partial charge < -0.3 is 4.74 Å². The van der Waals surface area contributed by atoms with E-state index in [-0.39, 0.29) is 5.97 Å². The van der Waals surface area contributed by atoms with Crippen molar-refractivity contribution in [2.45, 2.75) is 20.0 Å². The van der Waals surface area contributed by atoms with Crippen LogP contribution in [0.3, 0.4) is 0 Å². The Morgan fingerprint density at radius 2 is 2.13 bits per heavy atom. The lowest BCUT2D eigenvalue weighted by molar-refractivity contribution is 0.0524. The number of halogens is 1. The van der Waals surface area contributed by atoms with E-state index >= 15 is 0 Å². The first-order valence-corrected chi connectivity index (χ1v) is 10.7. The van der Waals surface area contributed by atoms with Crippen molar-refractivity contribution < 1.29 is 9.53 Å². The van der Waals surface area contributed by atoms with Gasteiger partial charge in [-0.05, 0) is 38.2 Å². The topological polar surface area (TPSA) is 73.1 Å². The lowest BCUT2D eigenvalue weighted by Gasteiger charge is -2.18. The summed E-state index contributed by atoms with van der Waals surface area (Å²) in [6.45, 7) is 3.23. The molecule has 4 aromatic rings. The van der Waals surface area contributed by atoms with Gasteiger partial charge in [0.15, 0.2) is 0 Å². The van der Waals surface area contributed by atoms with E-state index in [0.29, 0.717) is 30.3 Å². The third-order valence-corrected chi connectivity index (χ3v) is 5.48. The summed E-state index contributed by atoms with van der Waals surface area (Å²) in [4.78, 5) is 23.4. The highest BCUT2D eigenvalue weighted by Crippen LogP contribution is 2.26. The highest BCUT2D eigenvalue weighted by Gasteiger charge is 2.22. The first-order valence-electron chi connectivity index (χ1n) is 9.41.